The summed E-state index contributed by atoms with van der Waals surface area (Å²) in [7, 11) is -1.86. The topological polar surface area (TPSA) is 49.9 Å². The van der Waals surface area contributed by atoms with Crippen LogP contribution < -0.4 is 0 Å². The number of halogens is 1. The van der Waals surface area contributed by atoms with E-state index in [1.165, 1.54) is 0 Å². The first kappa shape index (κ1) is 14.2. The molecule has 0 aromatic carbocycles. The van der Waals surface area contributed by atoms with Gasteiger partial charge < -0.3 is 9.80 Å². The minimum atomic E-state index is -3.60. The predicted molar refractivity (Wildman–Crippen MR) is 63.2 cm³/mol. The smallest absolute Gasteiger partial charge is 0.270 e. The Kier molecular flexibility index (Phi) is 5.20. The quantitative estimate of drug-likeness (QED) is 0.510. The van der Waals surface area contributed by atoms with Crippen LogP contribution in [0.1, 0.15) is 19.8 Å². The lowest BCUT2D eigenvalue weighted by Crippen LogP contribution is -2.40. The number of hydrogen-bond donors (Lipinski definition) is 0. The fourth-order valence-corrected chi connectivity index (χ4v) is 2.67. The lowest BCUT2D eigenvalue weighted by molar-refractivity contribution is -0.00571. The highest BCUT2D eigenvalue weighted by atomic mass is 32.2. The maximum Gasteiger partial charge on any atom is 0.270 e. The van der Waals surface area contributed by atoms with Crippen molar-refractivity contribution in [2.75, 3.05) is 26.0 Å². The maximum absolute atomic E-state index is 11.9. The lowest BCUT2D eigenvalue weighted by Gasteiger charge is -2.28. The highest BCUT2D eigenvalue weighted by Crippen LogP contribution is 2.17. The molecule has 0 spiro atoms. The van der Waals surface area contributed by atoms with Gasteiger partial charge in [0.05, 0.1) is 12.4 Å². The zero-order chi connectivity index (χ0) is 12.9. The molecule has 0 aromatic heterocycles. The summed E-state index contributed by atoms with van der Waals surface area (Å²) < 4.78 is 40.3. The second-order valence-electron chi connectivity index (χ2n) is 3.87. The third kappa shape index (κ3) is 4.16. The summed E-state index contributed by atoms with van der Waals surface area (Å²) in [5.41, 5.74) is 0. The molecule has 0 fully saturated rings. The largest absolute Gasteiger partial charge is 0.336 e. The molecule has 7 heteroatoms. The molecule has 17 heavy (non-hydrogen) atoms. The van der Waals surface area contributed by atoms with Gasteiger partial charge in [0.2, 0.25) is 6.35 Å². The molecule has 0 amide bonds. The van der Waals surface area contributed by atoms with Gasteiger partial charge in [-0.05, 0) is 19.8 Å². The summed E-state index contributed by atoms with van der Waals surface area (Å²) in [6.45, 7) is 2.07. The van der Waals surface area contributed by atoms with Crippen molar-refractivity contribution in [1.82, 2.24) is 9.80 Å². The number of alkyl halides is 1. The van der Waals surface area contributed by atoms with E-state index in [4.69, 9.17) is 4.18 Å². The van der Waals surface area contributed by atoms with Crippen LogP contribution in [-0.2, 0) is 14.3 Å². The first-order chi connectivity index (χ1) is 8.00. The van der Waals surface area contributed by atoms with E-state index < -0.39 is 23.1 Å². The van der Waals surface area contributed by atoms with E-state index in [9.17, 15) is 12.8 Å². The average Bonchev–Trinajstić information content (AvgIpc) is 2.60. The van der Waals surface area contributed by atoms with Crippen LogP contribution >= 0.6 is 0 Å². The fourth-order valence-electron chi connectivity index (χ4n) is 1.51. The van der Waals surface area contributed by atoms with Gasteiger partial charge in [-0.15, -0.1) is 0 Å². The van der Waals surface area contributed by atoms with Crippen molar-refractivity contribution < 1.29 is 17.0 Å². The molecule has 5 nitrogen and oxygen atoms in total. The number of nitrogens with zero attached hydrogens (tertiary/aromatic N) is 2. The summed E-state index contributed by atoms with van der Waals surface area (Å²) in [6, 6.07) is 0. The third-order valence-corrected chi connectivity index (χ3v) is 3.76. The first-order valence-corrected chi connectivity index (χ1v) is 7.21. The van der Waals surface area contributed by atoms with Crippen LogP contribution in [0.5, 0.6) is 0 Å². The van der Waals surface area contributed by atoms with Crippen LogP contribution in [0.2, 0.25) is 0 Å². The molecule has 0 radical (unpaired) electrons. The van der Waals surface area contributed by atoms with Gasteiger partial charge in [-0.2, -0.15) is 8.42 Å². The highest BCUT2D eigenvalue weighted by Gasteiger charge is 2.28. The summed E-state index contributed by atoms with van der Waals surface area (Å²) >= 11 is 0. The van der Waals surface area contributed by atoms with E-state index in [0.29, 0.717) is 6.54 Å². The zero-order valence-electron chi connectivity index (χ0n) is 10.2. The molecule has 1 unspecified atom stereocenters. The van der Waals surface area contributed by atoms with E-state index in [1.807, 2.05) is 6.92 Å². The van der Waals surface area contributed by atoms with E-state index in [-0.39, 0.29) is 18.6 Å². The molecule has 0 saturated carbocycles. The highest BCUT2D eigenvalue weighted by molar-refractivity contribution is 7.86. The normalized spacial score (nSPS) is 20.3. The molecular weight excluding hydrogens is 247 g/mol. The number of rotatable bonds is 7. The maximum atomic E-state index is 11.9. The van der Waals surface area contributed by atoms with Crippen molar-refractivity contribution in [3.8, 4) is 0 Å². The van der Waals surface area contributed by atoms with Crippen LogP contribution in [-0.4, -0.2) is 50.6 Å². The van der Waals surface area contributed by atoms with Crippen LogP contribution in [0.3, 0.4) is 0 Å². The van der Waals surface area contributed by atoms with Crippen LogP contribution in [0.4, 0.5) is 4.39 Å². The summed E-state index contributed by atoms with van der Waals surface area (Å²) in [4.78, 5) is 3.45. The first-order valence-electron chi connectivity index (χ1n) is 5.63. The Morgan fingerprint density at radius 1 is 1.35 bits per heavy atom. The molecule has 0 N–H and O–H groups in total. The van der Waals surface area contributed by atoms with Crippen molar-refractivity contribution in [3.63, 3.8) is 0 Å². The Morgan fingerprint density at radius 3 is 2.65 bits per heavy atom. The molecule has 0 aliphatic carbocycles. The van der Waals surface area contributed by atoms with Crippen molar-refractivity contribution in [3.05, 3.63) is 12.4 Å². The molecule has 100 valence electrons. The van der Waals surface area contributed by atoms with Crippen molar-refractivity contribution in [2.45, 2.75) is 26.1 Å². The number of unbranched alkanes of at least 4 members (excludes halogenated alkanes) is 1. The Labute approximate surface area is 102 Å². The second kappa shape index (κ2) is 6.20. The van der Waals surface area contributed by atoms with Gasteiger partial charge in [0.1, 0.15) is 0 Å². The molecule has 1 atom stereocenters. The standard InChI is InChI=1S/C10H19FN2O3S/c1-3-13-8-7-12(2)10(13)16-17(14,15)9-5-4-6-11/h7-8,10H,3-6,9H2,1-2H3. The molecule has 1 rings (SSSR count). The van der Waals surface area contributed by atoms with Gasteiger partial charge in [0, 0.05) is 26.0 Å². The second-order valence-corrected chi connectivity index (χ2v) is 5.59. The molecule has 1 aliphatic rings. The van der Waals surface area contributed by atoms with E-state index in [0.717, 1.165) is 0 Å². The van der Waals surface area contributed by atoms with E-state index in [2.05, 4.69) is 0 Å². The van der Waals surface area contributed by atoms with Gasteiger partial charge in [-0.3, -0.25) is 4.39 Å². The lowest BCUT2D eigenvalue weighted by atomic mass is 10.4. The SMILES string of the molecule is CCN1C=CN(C)C1OS(=O)(=O)CCCCF. The van der Waals surface area contributed by atoms with Crippen molar-refractivity contribution >= 4 is 10.1 Å². The minimum Gasteiger partial charge on any atom is -0.336 e. The summed E-state index contributed by atoms with van der Waals surface area (Å²) in [5.74, 6) is -0.140. The van der Waals surface area contributed by atoms with Crippen molar-refractivity contribution in [2.24, 2.45) is 0 Å². The third-order valence-electron chi connectivity index (χ3n) is 2.50. The van der Waals surface area contributed by atoms with Crippen LogP contribution in [0.15, 0.2) is 12.4 Å². The summed E-state index contributed by atoms with van der Waals surface area (Å²) in [5, 5.41) is 0. The van der Waals surface area contributed by atoms with Gasteiger partial charge in [-0.1, -0.05) is 0 Å². The van der Waals surface area contributed by atoms with Gasteiger partial charge in [0.15, 0.2) is 0 Å². The average molecular weight is 266 g/mol. The molecule has 1 heterocycles. The predicted octanol–water partition coefficient (Wildman–Crippen LogP) is 1.10. The molecule has 1 aliphatic heterocycles. The van der Waals surface area contributed by atoms with Crippen LogP contribution in [0.25, 0.3) is 0 Å². The molecule has 0 saturated heterocycles. The van der Waals surface area contributed by atoms with Gasteiger partial charge >= 0.3 is 0 Å². The summed E-state index contributed by atoms with van der Waals surface area (Å²) in [6.07, 6.45) is 3.45. The van der Waals surface area contributed by atoms with E-state index in [1.54, 1.807) is 29.2 Å². The molecule has 0 bridgehead atoms. The van der Waals surface area contributed by atoms with Gasteiger partial charge in [-0.25, -0.2) is 4.18 Å². The zero-order valence-corrected chi connectivity index (χ0v) is 11.0. The Balaban J connectivity index is 2.52. The minimum absolute atomic E-state index is 0.140. The van der Waals surface area contributed by atoms with Crippen molar-refractivity contribution in [1.29, 1.82) is 0 Å². The Morgan fingerprint density at radius 2 is 2.06 bits per heavy atom. The van der Waals surface area contributed by atoms with Gasteiger partial charge in [0.25, 0.3) is 10.1 Å². The van der Waals surface area contributed by atoms with Crippen LogP contribution in [0, 0.1) is 0 Å². The monoisotopic (exact) mass is 266 g/mol. The fraction of sp³-hybridized carbons (Fsp3) is 0.800. The number of hydrogen-bond acceptors (Lipinski definition) is 5. The van der Waals surface area contributed by atoms with E-state index >= 15 is 0 Å². The molecule has 0 aromatic rings. The molecular formula is C10H19FN2O3S. The Hall–Kier alpha value is -0.820. The Bertz CT molecular complexity index is 359.